The standard InChI is InChI=1S/C14H16OS.CH4O/c1-16-14(11-6-12-15)10-5-9-13-7-3-2-4-8-13;1-2/h2-5,7-10,12H,6,11H2,1H3;2H,1H3/b9-5+,14-10-;. The zero-order chi connectivity index (χ0) is 13.6. The molecule has 0 amide bonds. The van der Waals surface area contributed by atoms with Crippen molar-refractivity contribution >= 4 is 24.1 Å². The molecule has 3 heteroatoms. The Morgan fingerprint density at radius 2 is 1.94 bits per heavy atom. The first-order valence-corrected chi connectivity index (χ1v) is 6.94. The Morgan fingerprint density at radius 1 is 1.28 bits per heavy atom. The molecule has 1 aromatic carbocycles. The van der Waals surface area contributed by atoms with Gasteiger partial charge in [-0.3, -0.25) is 0 Å². The van der Waals surface area contributed by atoms with Crippen molar-refractivity contribution in [1.82, 2.24) is 0 Å². The van der Waals surface area contributed by atoms with Crippen LogP contribution in [0.15, 0.2) is 47.4 Å². The van der Waals surface area contributed by atoms with Crippen molar-refractivity contribution in [2.45, 2.75) is 12.8 Å². The molecule has 0 bridgehead atoms. The number of thioether (sulfide) groups is 1. The highest BCUT2D eigenvalue weighted by Crippen LogP contribution is 2.17. The predicted molar refractivity (Wildman–Crippen MR) is 80.5 cm³/mol. The fraction of sp³-hybridized carbons (Fsp3) is 0.267. The molecule has 0 atom stereocenters. The first-order valence-electron chi connectivity index (χ1n) is 5.71. The molecule has 1 N–H and O–H groups in total. The molecule has 0 aliphatic carbocycles. The van der Waals surface area contributed by atoms with E-state index < -0.39 is 0 Å². The van der Waals surface area contributed by atoms with Crippen molar-refractivity contribution in [1.29, 1.82) is 0 Å². The summed E-state index contributed by atoms with van der Waals surface area (Å²) in [5.41, 5.74) is 1.19. The number of aliphatic hydroxyl groups excluding tert-OH is 1. The van der Waals surface area contributed by atoms with Crippen LogP contribution in [0.5, 0.6) is 0 Å². The van der Waals surface area contributed by atoms with Gasteiger partial charge in [0.25, 0.3) is 0 Å². The van der Waals surface area contributed by atoms with Gasteiger partial charge in [-0.25, -0.2) is 0 Å². The van der Waals surface area contributed by atoms with Gasteiger partial charge in [-0.05, 0) is 23.1 Å². The first kappa shape index (κ1) is 16.7. The molecule has 2 nitrogen and oxygen atoms in total. The van der Waals surface area contributed by atoms with Crippen molar-refractivity contribution in [2.75, 3.05) is 13.4 Å². The lowest BCUT2D eigenvalue weighted by molar-refractivity contribution is -0.107. The largest absolute Gasteiger partial charge is 0.400 e. The Hall–Kier alpha value is -1.32. The Morgan fingerprint density at radius 3 is 2.50 bits per heavy atom. The molecule has 0 spiro atoms. The third-order valence-corrected chi connectivity index (χ3v) is 3.01. The highest BCUT2D eigenvalue weighted by Gasteiger charge is 1.92. The van der Waals surface area contributed by atoms with Gasteiger partial charge in [0, 0.05) is 13.5 Å². The average molecular weight is 264 g/mol. The van der Waals surface area contributed by atoms with Gasteiger partial charge in [0.1, 0.15) is 6.29 Å². The van der Waals surface area contributed by atoms with Gasteiger partial charge in [0.05, 0.1) is 0 Å². The Bertz CT molecular complexity index is 369. The molecule has 1 rings (SSSR count). The van der Waals surface area contributed by atoms with Crippen molar-refractivity contribution < 1.29 is 9.90 Å². The fourth-order valence-electron chi connectivity index (χ4n) is 1.29. The second-order valence-corrected chi connectivity index (χ2v) is 4.24. The summed E-state index contributed by atoms with van der Waals surface area (Å²) in [5.74, 6) is 0. The topological polar surface area (TPSA) is 37.3 Å². The van der Waals surface area contributed by atoms with E-state index in [9.17, 15) is 4.79 Å². The summed E-state index contributed by atoms with van der Waals surface area (Å²) in [6.45, 7) is 0. The first-order chi connectivity index (χ1) is 8.86. The van der Waals surface area contributed by atoms with Crippen LogP contribution in [-0.2, 0) is 4.79 Å². The molecule has 0 saturated carbocycles. The lowest BCUT2D eigenvalue weighted by atomic mass is 10.2. The minimum atomic E-state index is 0.603. The van der Waals surface area contributed by atoms with Crippen LogP contribution >= 0.6 is 11.8 Å². The number of benzene rings is 1. The molecular formula is C15H20O2S. The maximum Gasteiger partial charge on any atom is 0.120 e. The van der Waals surface area contributed by atoms with Gasteiger partial charge in [-0.15, -0.1) is 11.8 Å². The van der Waals surface area contributed by atoms with E-state index in [1.165, 1.54) is 10.5 Å². The molecule has 0 aromatic heterocycles. The van der Waals surface area contributed by atoms with Crippen LogP contribution < -0.4 is 0 Å². The minimum absolute atomic E-state index is 0.603. The quantitative estimate of drug-likeness (QED) is 0.631. The summed E-state index contributed by atoms with van der Waals surface area (Å²) in [6.07, 6.45) is 10.6. The molecule has 0 heterocycles. The van der Waals surface area contributed by atoms with Crippen LogP contribution in [0.25, 0.3) is 6.08 Å². The van der Waals surface area contributed by atoms with E-state index >= 15 is 0 Å². The number of rotatable bonds is 6. The molecular weight excluding hydrogens is 244 g/mol. The average Bonchev–Trinajstić information content (AvgIpc) is 2.46. The number of hydrogen-bond donors (Lipinski definition) is 1. The molecule has 0 radical (unpaired) electrons. The van der Waals surface area contributed by atoms with Gasteiger partial charge in [-0.1, -0.05) is 48.6 Å². The van der Waals surface area contributed by atoms with E-state index in [4.69, 9.17) is 5.11 Å². The van der Waals surface area contributed by atoms with E-state index in [1.807, 2.05) is 30.5 Å². The predicted octanol–water partition coefficient (Wildman–Crippen LogP) is 3.53. The van der Waals surface area contributed by atoms with Crippen molar-refractivity contribution in [3.8, 4) is 0 Å². The van der Waals surface area contributed by atoms with E-state index in [-0.39, 0.29) is 0 Å². The van der Waals surface area contributed by atoms with Gasteiger partial charge in [0.2, 0.25) is 0 Å². The lowest BCUT2D eigenvalue weighted by Gasteiger charge is -1.98. The number of allylic oxidation sites excluding steroid dienone is 3. The molecule has 0 saturated heterocycles. The molecule has 0 aliphatic rings. The normalized spacial score (nSPS) is 10.9. The Kier molecular flexibility index (Phi) is 11.3. The summed E-state index contributed by atoms with van der Waals surface area (Å²) >= 11 is 1.70. The molecule has 0 unspecified atom stereocenters. The van der Waals surface area contributed by atoms with Gasteiger partial charge < -0.3 is 9.90 Å². The third kappa shape index (κ3) is 7.87. The molecule has 18 heavy (non-hydrogen) atoms. The van der Waals surface area contributed by atoms with E-state index in [2.05, 4.69) is 24.3 Å². The van der Waals surface area contributed by atoms with Crippen LogP contribution in [0, 0.1) is 0 Å². The van der Waals surface area contributed by atoms with Crippen LogP contribution in [0.4, 0.5) is 0 Å². The van der Waals surface area contributed by atoms with Crippen molar-refractivity contribution in [3.63, 3.8) is 0 Å². The lowest BCUT2D eigenvalue weighted by Crippen LogP contribution is -1.78. The number of carbonyl (C=O) groups is 1. The zero-order valence-corrected chi connectivity index (χ0v) is 11.7. The zero-order valence-electron chi connectivity index (χ0n) is 10.9. The molecule has 98 valence electrons. The number of carbonyl (C=O) groups excluding carboxylic acids is 1. The van der Waals surface area contributed by atoms with Crippen LogP contribution in [0.1, 0.15) is 18.4 Å². The van der Waals surface area contributed by atoms with Gasteiger partial charge in [0.15, 0.2) is 0 Å². The summed E-state index contributed by atoms with van der Waals surface area (Å²) in [4.78, 5) is 11.5. The SMILES string of the molecule is CO.CS/C(=C\C=C\c1ccccc1)CCC=O. The maximum atomic E-state index is 10.3. The Labute approximate surface area is 113 Å². The van der Waals surface area contributed by atoms with Crippen LogP contribution in [-0.4, -0.2) is 24.8 Å². The van der Waals surface area contributed by atoms with Crippen LogP contribution in [0.3, 0.4) is 0 Å². The van der Waals surface area contributed by atoms with Crippen molar-refractivity contribution in [3.05, 3.63) is 53.0 Å². The van der Waals surface area contributed by atoms with Gasteiger partial charge >= 0.3 is 0 Å². The number of hydrogen-bond acceptors (Lipinski definition) is 3. The summed E-state index contributed by atoms with van der Waals surface area (Å²) < 4.78 is 0. The molecule has 0 fully saturated rings. The second-order valence-electron chi connectivity index (χ2n) is 3.31. The molecule has 1 aromatic rings. The smallest absolute Gasteiger partial charge is 0.120 e. The monoisotopic (exact) mass is 264 g/mol. The summed E-state index contributed by atoms with van der Waals surface area (Å²) in [5, 5.41) is 7.00. The van der Waals surface area contributed by atoms with E-state index in [0.717, 1.165) is 19.8 Å². The third-order valence-electron chi connectivity index (χ3n) is 2.14. The summed E-state index contributed by atoms with van der Waals surface area (Å²) in [6, 6.07) is 10.2. The summed E-state index contributed by atoms with van der Waals surface area (Å²) in [7, 11) is 1.00. The van der Waals surface area contributed by atoms with E-state index in [0.29, 0.717) is 6.42 Å². The van der Waals surface area contributed by atoms with Crippen LogP contribution in [0.2, 0.25) is 0 Å². The Balaban J connectivity index is 0.00000137. The van der Waals surface area contributed by atoms with E-state index in [1.54, 1.807) is 11.8 Å². The number of aliphatic hydroxyl groups is 1. The second kappa shape index (κ2) is 12.1. The van der Waals surface area contributed by atoms with Crippen molar-refractivity contribution in [2.24, 2.45) is 0 Å². The number of aldehydes is 1. The maximum absolute atomic E-state index is 10.3. The minimum Gasteiger partial charge on any atom is -0.400 e. The highest BCUT2D eigenvalue weighted by atomic mass is 32.2. The fourth-order valence-corrected chi connectivity index (χ4v) is 1.82. The molecule has 0 aliphatic heterocycles. The highest BCUT2D eigenvalue weighted by molar-refractivity contribution is 8.02. The van der Waals surface area contributed by atoms with Gasteiger partial charge in [-0.2, -0.15) is 0 Å².